The van der Waals surface area contributed by atoms with Crippen molar-refractivity contribution >= 4 is 0 Å². The SMILES string of the molecule is Cc1ccnc(C(Cc2ccccc2)(NCc2ccc(F)c(C(F)(F)F)c2)c2cccc(C(F)(F)F)c2)c1. The number of aromatic nitrogens is 1. The van der Waals surface area contributed by atoms with Crippen LogP contribution in [0.3, 0.4) is 0 Å². The second kappa shape index (κ2) is 10.6. The monoisotopic (exact) mass is 532 g/mol. The van der Waals surface area contributed by atoms with Crippen LogP contribution in [0.15, 0.2) is 91.1 Å². The topological polar surface area (TPSA) is 24.9 Å². The number of nitrogens with one attached hydrogen (secondary N) is 1. The molecule has 0 saturated carbocycles. The van der Waals surface area contributed by atoms with Gasteiger partial charge in [0.1, 0.15) is 5.82 Å². The Morgan fingerprint density at radius 2 is 1.42 bits per heavy atom. The molecular weight excluding hydrogens is 509 g/mol. The van der Waals surface area contributed by atoms with E-state index >= 15 is 0 Å². The highest BCUT2D eigenvalue weighted by molar-refractivity contribution is 5.42. The first-order valence-corrected chi connectivity index (χ1v) is 11.6. The minimum Gasteiger partial charge on any atom is -0.298 e. The number of rotatable bonds is 7. The molecule has 0 aliphatic heterocycles. The van der Waals surface area contributed by atoms with Crippen LogP contribution in [-0.2, 0) is 30.9 Å². The van der Waals surface area contributed by atoms with Crippen molar-refractivity contribution in [2.45, 2.75) is 37.8 Å². The Kier molecular flexibility index (Phi) is 7.60. The van der Waals surface area contributed by atoms with Gasteiger partial charge >= 0.3 is 12.4 Å². The van der Waals surface area contributed by atoms with Gasteiger partial charge in [-0.2, -0.15) is 26.3 Å². The zero-order valence-electron chi connectivity index (χ0n) is 20.2. The molecule has 0 spiro atoms. The summed E-state index contributed by atoms with van der Waals surface area (Å²) in [6.07, 6.45) is -7.86. The van der Waals surface area contributed by atoms with Gasteiger partial charge in [-0.1, -0.05) is 48.5 Å². The summed E-state index contributed by atoms with van der Waals surface area (Å²) in [6, 6.07) is 19.9. The summed E-state index contributed by atoms with van der Waals surface area (Å²) >= 11 is 0. The highest BCUT2D eigenvalue weighted by Crippen LogP contribution is 2.38. The van der Waals surface area contributed by atoms with E-state index in [0.717, 1.165) is 29.3 Å². The van der Waals surface area contributed by atoms with Crippen molar-refractivity contribution in [2.24, 2.45) is 0 Å². The van der Waals surface area contributed by atoms with Crippen molar-refractivity contribution in [2.75, 3.05) is 0 Å². The van der Waals surface area contributed by atoms with Crippen LogP contribution in [0.5, 0.6) is 0 Å². The van der Waals surface area contributed by atoms with E-state index < -0.39 is 34.8 Å². The normalized spacial score (nSPS) is 13.8. The quantitative estimate of drug-likeness (QED) is 0.245. The molecule has 1 atom stereocenters. The summed E-state index contributed by atoms with van der Waals surface area (Å²) in [5.41, 5.74) is -1.39. The molecule has 1 N–H and O–H groups in total. The molecule has 0 aliphatic carbocycles. The minimum absolute atomic E-state index is 0.107. The first-order valence-electron chi connectivity index (χ1n) is 11.6. The van der Waals surface area contributed by atoms with Gasteiger partial charge in [-0.15, -0.1) is 0 Å². The second-order valence-electron chi connectivity index (χ2n) is 9.03. The van der Waals surface area contributed by atoms with Gasteiger partial charge in [0.05, 0.1) is 22.4 Å². The fourth-order valence-corrected chi connectivity index (χ4v) is 4.38. The molecule has 1 unspecified atom stereocenters. The van der Waals surface area contributed by atoms with Crippen LogP contribution in [0.4, 0.5) is 30.7 Å². The first kappa shape index (κ1) is 27.3. The smallest absolute Gasteiger partial charge is 0.298 e. The van der Waals surface area contributed by atoms with Gasteiger partial charge in [0, 0.05) is 19.2 Å². The lowest BCUT2D eigenvalue weighted by Crippen LogP contribution is -2.46. The van der Waals surface area contributed by atoms with E-state index in [1.165, 1.54) is 24.4 Å². The van der Waals surface area contributed by atoms with E-state index in [0.29, 0.717) is 11.8 Å². The summed E-state index contributed by atoms with van der Waals surface area (Å²) in [6.45, 7) is 1.60. The zero-order chi connectivity index (χ0) is 27.6. The lowest BCUT2D eigenvalue weighted by molar-refractivity contribution is -0.140. The lowest BCUT2D eigenvalue weighted by Gasteiger charge is -2.36. The summed E-state index contributed by atoms with van der Waals surface area (Å²) in [5.74, 6) is -1.41. The largest absolute Gasteiger partial charge is 0.419 e. The standard InChI is InChI=1S/C29H23F7N2/c1-19-12-13-37-26(14-19)27(17-20-6-3-2-4-7-20,22-8-5-9-23(16-22)28(31,32)33)38-18-21-10-11-25(30)24(15-21)29(34,35)36/h2-16,38H,17-18H2,1H3. The van der Waals surface area contributed by atoms with Crippen molar-refractivity contribution in [3.63, 3.8) is 0 Å². The fraction of sp³-hybridized carbons (Fsp3) is 0.207. The average Bonchev–Trinajstić information content (AvgIpc) is 2.87. The molecule has 0 bridgehead atoms. The van der Waals surface area contributed by atoms with Gasteiger partial charge in [0.2, 0.25) is 0 Å². The molecule has 38 heavy (non-hydrogen) atoms. The van der Waals surface area contributed by atoms with Gasteiger partial charge < -0.3 is 0 Å². The fourth-order valence-electron chi connectivity index (χ4n) is 4.38. The van der Waals surface area contributed by atoms with E-state index in [1.807, 2.05) is 0 Å². The number of hydrogen-bond donors (Lipinski definition) is 1. The van der Waals surface area contributed by atoms with E-state index in [4.69, 9.17) is 0 Å². The van der Waals surface area contributed by atoms with Crippen LogP contribution in [0.25, 0.3) is 0 Å². The third-order valence-corrected chi connectivity index (χ3v) is 6.28. The highest BCUT2D eigenvalue weighted by atomic mass is 19.4. The molecule has 2 nitrogen and oxygen atoms in total. The van der Waals surface area contributed by atoms with E-state index in [1.54, 1.807) is 49.4 Å². The number of hydrogen-bond acceptors (Lipinski definition) is 2. The molecule has 3 aromatic carbocycles. The first-order chi connectivity index (χ1) is 17.9. The molecule has 0 radical (unpaired) electrons. The summed E-state index contributed by atoms with van der Waals surface area (Å²) < 4.78 is 95.1. The highest BCUT2D eigenvalue weighted by Gasteiger charge is 2.39. The average molecular weight is 533 g/mol. The van der Waals surface area contributed by atoms with E-state index in [2.05, 4.69) is 10.3 Å². The third-order valence-electron chi connectivity index (χ3n) is 6.28. The van der Waals surface area contributed by atoms with Gasteiger partial charge in [0.25, 0.3) is 0 Å². The van der Waals surface area contributed by atoms with Crippen LogP contribution in [0, 0.1) is 12.7 Å². The Labute approximate surface area is 215 Å². The molecule has 198 valence electrons. The molecule has 4 rings (SSSR count). The molecular formula is C29H23F7N2. The predicted molar refractivity (Wildman–Crippen MR) is 130 cm³/mol. The van der Waals surface area contributed by atoms with Gasteiger partial charge in [-0.25, -0.2) is 4.39 Å². The number of benzene rings is 3. The van der Waals surface area contributed by atoms with Crippen LogP contribution in [0.2, 0.25) is 0 Å². The zero-order valence-corrected chi connectivity index (χ0v) is 20.2. The van der Waals surface area contributed by atoms with Crippen molar-refractivity contribution in [3.05, 3.63) is 136 Å². The molecule has 0 saturated heterocycles. The number of pyridine rings is 1. The second-order valence-corrected chi connectivity index (χ2v) is 9.03. The van der Waals surface area contributed by atoms with Gasteiger partial charge in [-0.3, -0.25) is 10.3 Å². The van der Waals surface area contributed by atoms with Crippen molar-refractivity contribution in [1.29, 1.82) is 0 Å². The van der Waals surface area contributed by atoms with Crippen LogP contribution in [0.1, 0.15) is 39.1 Å². The Morgan fingerprint density at radius 3 is 2.08 bits per heavy atom. The molecule has 0 fully saturated rings. The van der Waals surface area contributed by atoms with Crippen molar-refractivity contribution in [1.82, 2.24) is 10.3 Å². The Balaban J connectivity index is 1.89. The van der Waals surface area contributed by atoms with Crippen LogP contribution in [-0.4, -0.2) is 4.98 Å². The van der Waals surface area contributed by atoms with Crippen LogP contribution >= 0.6 is 0 Å². The molecule has 1 heterocycles. The van der Waals surface area contributed by atoms with Gasteiger partial charge in [0.15, 0.2) is 0 Å². The van der Waals surface area contributed by atoms with E-state index in [9.17, 15) is 30.7 Å². The molecule has 1 aromatic heterocycles. The molecule has 0 amide bonds. The Bertz CT molecular complexity index is 1400. The third kappa shape index (κ3) is 6.05. The Morgan fingerprint density at radius 1 is 0.711 bits per heavy atom. The van der Waals surface area contributed by atoms with E-state index in [-0.39, 0.29) is 24.1 Å². The Hall–Kier alpha value is -3.72. The number of alkyl halides is 6. The number of aryl methyl sites for hydroxylation is 1. The number of nitrogens with zero attached hydrogens (tertiary/aromatic N) is 1. The van der Waals surface area contributed by atoms with Gasteiger partial charge in [-0.05, 0) is 65.6 Å². The van der Waals surface area contributed by atoms with Crippen molar-refractivity contribution in [3.8, 4) is 0 Å². The summed E-state index contributed by atoms with van der Waals surface area (Å²) in [5, 5.41) is 3.21. The summed E-state index contributed by atoms with van der Waals surface area (Å²) in [7, 11) is 0. The maximum absolute atomic E-state index is 13.9. The predicted octanol–water partition coefficient (Wildman–Crippen LogP) is 7.84. The maximum atomic E-state index is 13.9. The maximum Gasteiger partial charge on any atom is 0.419 e. The van der Waals surface area contributed by atoms with Crippen molar-refractivity contribution < 1.29 is 30.7 Å². The lowest BCUT2D eigenvalue weighted by atomic mass is 9.79. The molecule has 0 aliphatic rings. The number of halogens is 7. The summed E-state index contributed by atoms with van der Waals surface area (Å²) in [4.78, 5) is 4.48. The van der Waals surface area contributed by atoms with Crippen LogP contribution < -0.4 is 5.32 Å². The minimum atomic E-state index is -4.90. The molecule has 4 aromatic rings. The molecule has 9 heteroatoms.